The molecule has 0 aliphatic rings. The van der Waals surface area contributed by atoms with E-state index in [1.54, 1.807) is 0 Å². The van der Waals surface area contributed by atoms with Gasteiger partial charge in [-0.3, -0.25) is 4.57 Å². The van der Waals surface area contributed by atoms with E-state index in [-0.39, 0.29) is 0 Å². The van der Waals surface area contributed by atoms with Crippen molar-refractivity contribution in [1.82, 2.24) is 13.7 Å². The van der Waals surface area contributed by atoms with Crippen LogP contribution in [0.4, 0.5) is 0 Å². The smallest absolute Gasteiger partial charge is 0.213 e. The molecule has 4 heteroatoms. The summed E-state index contributed by atoms with van der Waals surface area (Å²) in [7, 11) is 0. The van der Waals surface area contributed by atoms with E-state index in [1.807, 2.05) is 6.07 Å². The fraction of sp³-hybridized carbons (Fsp3) is 0. The summed E-state index contributed by atoms with van der Waals surface area (Å²) < 4.78 is 13.7. The zero-order valence-electron chi connectivity index (χ0n) is 29.1. The molecule has 0 saturated carbocycles. The quantitative estimate of drug-likeness (QED) is 0.181. The number of benzene rings is 8. The molecule has 12 rings (SSSR count). The second-order valence-corrected chi connectivity index (χ2v) is 14.1. The SMILES string of the molecule is c1ccc(-n2c3cccc(-c4ccc(-n5c6ccccc6c6cc(-n7c8ccccc8c8ccccc87)ccc65)cc4)c3c3c4ccccc4oc32)cc1. The van der Waals surface area contributed by atoms with Crippen molar-refractivity contribution in [3.8, 4) is 28.2 Å². The van der Waals surface area contributed by atoms with Gasteiger partial charge in [-0.1, -0.05) is 115 Å². The van der Waals surface area contributed by atoms with Gasteiger partial charge in [-0.2, -0.15) is 0 Å². The minimum Gasteiger partial charge on any atom is -0.439 e. The molecule has 12 aromatic rings. The maximum absolute atomic E-state index is 6.60. The normalized spacial score (nSPS) is 12.1. The molecule has 0 atom stereocenters. The lowest BCUT2D eigenvalue weighted by Gasteiger charge is -2.12. The maximum atomic E-state index is 6.60. The van der Waals surface area contributed by atoms with Gasteiger partial charge in [0.1, 0.15) is 5.58 Å². The summed E-state index contributed by atoms with van der Waals surface area (Å²) in [6.07, 6.45) is 0. The number of rotatable bonds is 4. The van der Waals surface area contributed by atoms with Crippen molar-refractivity contribution in [2.24, 2.45) is 0 Å². The first-order chi connectivity index (χ1) is 26.8. The van der Waals surface area contributed by atoms with E-state index in [0.29, 0.717) is 0 Å². The number of aromatic nitrogens is 3. The van der Waals surface area contributed by atoms with Gasteiger partial charge in [-0.25, -0.2) is 0 Å². The Morgan fingerprint density at radius 3 is 1.54 bits per heavy atom. The van der Waals surface area contributed by atoms with Crippen LogP contribution in [0.3, 0.4) is 0 Å². The maximum Gasteiger partial charge on any atom is 0.213 e. The van der Waals surface area contributed by atoms with Gasteiger partial charge in [0.05, 0.1) is 33.0 Å². The Balaban J connectivity index is 1.04. The first-order valence-electron chi connectivity index (χ1n) is 18.4. The summed E-state index contributed by atoms with van der Waals surface area (Å²) in [6.45, 7) is 0. The lowest BCUT2D eigenvalue weighted by atomic mass is 9.99. The molecule has 0 radical (unpaired) electrons. The van der Waals surface area contributed by atoms with Gasteiger partial charge >= 0.3 is 0 Å². The highest BCUT2D eigenvalue weighted by molar-refractivity contribution is 6.24. The van der Waals surface area contributed by atoms with Gasteiger partial charge < -0.3 is 13.6 Å². The van der Waals surface area contributed by atoms with Crippen molar-refractivity contribution in [2.75, 3.05) is 0 Å². The average Bonchev–Trinajstić information content (AvgIpc) is 3.97. The van der Waals surface area contributed by atoms with E-state index in [2.05, 4.69) is 196 Å². The van der Waals surface area contributed by atoms with Crippen LogP contribution in [-0.4, -0.2) is 13.7 Å². The first kappa shape index (κ1) is 29.3. The lowest BCUT2D eigenvalue weighted by molar-refractivity contribution is 0.645. The molecule has 0 amide bonds. The molecular formula is C50H31N3O. The first-order valence-corrected chi connectivity index (χ1v) is 18.4. The highest BCUT2D eigenvalue weighted by atomic mass is 16.3. The van der Waals surface area contributed by atoms with Crippen molar-refractivity contribution in [2.45, 2.75) is 0 Å². The summed E-state index contributed by atoms with van der Waals surface area (Å²) in [5.41, 5.74) is 13.4. The van der Waals surface area contributed by atoms with Gasteiger partial charge in [0, 0.05) is 49.4 Å². The largest absolute Gasteiger partial charge is 0.439 e. The summed E-state index contributed by atoms with van der Waals surface area (Å²) in [5, 5.41) is 8.47. The van der Waals surface area contributed by atoms with Crippen LogP contribution in [0.1, 0.15) is 0 Å². The second kappa shape index (κ2) is 11.1. The summed E-state index contributed by atoms with van der Waals surface area (Å²) >= 11 is 0. The van der Waals surface area contributed by atoms with E-state index >= 15 is 0 Å². The Morgan fingerprint density at radius 2 is 0.833 bits per heavy atom. The Bertz CT molecular complexity index is 3380. The molecule has 0 aliphatic carbocycles. The van der Waals surface area contributed by atoms with E-state index in [1.165, 1.54) is 54.6 Å². The third-order valence-corrected chi connectivity index (χ3v) is 11.3. The van der Waals surface area contributed by atoms with Gasteiger partial charge in [0.25, 0.3) is 0 Å². The zero-order chi connectivity index (χ0) is 35.3. The van der Waals surface area contributed by atoms with Crippen LogP contribution in [-0.2, 0) is 0 Å². The summed E-state index contributed by atoms with van der Waals surface area (Å²) in [4.78, 5) is 0. The molecular weight excluding hydrogens is 659 g/mol. The van der Waals surface area contributed by atoms with Crippen LogP contribution >= 0.6 is 0 Å². The van der Waals surface area contributed by atoms with Gasteiger partial charge in [0.15, 0.2) is 0 Å². The molecule has 0 bridgehead atoms. The molecule has 8 aromatic carbocycles. The van der Waals surface area contributed by atoms with Crippen LogP contribution in [0.25, 0.3) is 105 Å². The van der Waals surface area contributed by atoms with E-state index in [0.717, 1.165) is 50.2 Å². The third kappa shape index (κ3) is 4.02. The Kier molecular flexibility index (Phi) is 6.02. The van der Waals surface area contributed by atoms with Gasteiger partial charge in [-0.05, 0) is 83.9 Å². The molecule has 0 saturated heterocycles. The van der Waals surface area contributed by atoms with Crippen LogP contribution in [0, 0.1) is 0 Å². The van der Waals surface area contributed by atoms with Crippen LogP contribution in [0.2, 0.25) is 0 Å². The highest BCUT2D eigenvalue weighted by Crippen LogP contribution is 2.44. The fourth-order valence-electron chi connectivity index (χ4n) is 8.97. The monoisotopic (exact) mass is 689 g/mol. The van der Waals surface area contributed by atoms with Gasteiger partial charge in [-0.15, -0.1) is 0 Å². The van der Waals surface area contributed by atoms with Crippen molar-refractivity contribution in [3.63, 3.8) is 0 Å². The summed E-state index contributed by atoms with van der Waals surface area (Å²) in [6, 6.07) is 67.6. The lowest BCUT2D eigenvalue weighted by Crippen LogP contribution is -1.96. The predicted octanol–water partition coefficient (Wildman–Crippen LogP) is 13.4. The molecule has 4 nitrogen and oxygen atoms in total. The minimum atomic E-state index is 0.868. The predicted molar refractivity (Wildman–Crippen MR) is 225 cm³/mol. The molecule has 0 spiro atoms. The van der Waals surface area contributed by atoms with Crippen molar-refractivity contribution < 1.29 is 4.42 Å². The molecule has 54 heavy (non-hydrogen) atoms. The van der Waals surface area contributed by atoms with Crippen molar-refractivity contribution >= 4 is 76.6 Å². The third-order valence-electron chi connectivity index (χ3n) is 11.3. The molecule has 4 aromatic heterocycles. The van der Waals surface area contributed by atoms with Crippen molar-refractivity contribution in [1.29, 1.82) is 0 Å². The van der Waals surface area contributed by atoms with Crippen molar-refractivity contribution in [3.05, 3.63) is 188 Å². The van der Waals surface area contributed by atoms with E-state index in [9.17, 15) is 0 Å². The number of fused-ring (bicyclic) bond motifs is 11. The number of hydrogen-bond acceptors (Lipinski definition) is 1. The van der Waals surface area contributed by atoms with Crippen LogP contribution in [0.15, 0.2) is 192 Å². The zero-order valence-corrected chi connectivity index (χ0v) is 29.1. The minimum absolute atomic E-state index is 0.868. The molecule has 0 aliphatic heterocycles. The molecule has 0 fully saturated rings. The van der Waals surface area contributed by atoms with Crippen LogP contribution < -0.4 is 0 Å². The second-order valence-electron chi connectivity index (χ2n) is 14.1. The Morgan fingerprint density at radius 1 is 0.315 bits per heavy atom. The molecule has 252 valence electrons. The van der Waals surface area contributed by atoms with E-state index in [4.69, 9.17) is 4.42 Å². The molecule has 0 N–H and O–H groups in total. The molecule has 4 heterocycles. The number of furan rings is 1. The number of para-hydroxylation sites is 5. The Hall–Kier alpha value is -7.30. The number of hydrogen-bond donors (Lipinski definition) is 0. The van der Waals surface area contributed by atoms with Crippen LogP contribution in [0.5, 0.6) is 0 Å². The molecule has 0 unspecified atom stereocenters. The highest BCUT2D eigenvalue weighted by Gasteiger charge is 2.22. The Labute approximate surface area is 309 Å². The van der Waals surface area contributed by atoms with Gasteiger partial charge in [0.2, 0.25) is 5.71 Å². The standard InChI is InChI=1S/C50H31N3O/c1-2-13-33(14-3-1)53-46-23-12-19-36(48(46)49-40-18-7-11-24-47(40)54-50(49)53)32-25-27-34(28-26-32)51-44-22-10-6-17-39(44)41-31-35(29-30-45(41)51)52-42-20-8-4-15-37(42)38-16-5-9-21-43(38)52/h1-31H. The average molecular weight is 690 g/mol. The topological polar surface area (TPSA) is 27.9 Å². The summed E-state index contributed by atoms with van der Waals surface area (Å²) in [5.74, 6) is 0. The fourth-order valence-corrected chi connectivity index (χ4v) is 8.97. The van der Waals surface area contributed by atoms with E-state index < -0.39 is 0 Å². The number of nitrogens with zero attached hydrogens (tertiary/aromatic N) is 3.